The molecule has 0 amide bonds. The van der Waals surface area contributed by atoms with E-state index in [1.165, 1.54) is 0 Å². The highest BCUT2D eigenvalue weighted by molar-refractivity contribution is 7.85. The van der Waals surface area contributed by atoms with Crippen LogP contribution < -0.4 is 0 Å². The van der Waals surface area contributed by atoms with Gasteiger partial charge in [-0.2, -0.15) is 8.42 Å². The van der Waals surface area contributed by atoms with Crippen LogP contribution in [-0.2, 0) is 16.5 Å². The van der Waals surface area contributed by atoms with E-state index >= 15 is 0 Å². The summed E-state index contributed by atoms with van der Waals surface area (Å²) in [6.07, 6.45) is 3.80. The van der Waals surface area contributed by atoms with Crippen LogP contribution in [0.4, 0.5) is 0 Å². The summed E-state index contributed by atoms with van der Waals surface area (Å²) in [5.41, 5.74) is 2.67. The van der Waals surface area contributed by atoms with Gasteiger partial charge in [-0.3, -0.25) is 4.55 Å². The summed E-state index contributed by atoms with van der Waals surface area (Å²) >= 11 is 0. The molecule has 1 N–H and O–H groups in total. The summed E-state index contributed by atoms with van der Waals surface area (Å²) in [4.78, 5) is 0.0664. The average Bonchev–Trinajstić information content (AvgIpc) is 2.21. The highest BCUT2D eigenvalue weighted by atomic mass is 32.2. The molecule has 1 aromatic carbocycles. The molecule has 1 rings (SSSR count). The van der Waals surface area contributed by atoms with Crippen molar-refractivity contribution in [3.8, 4) is 0 Å². The molecule has 0 aliphatic rings. The van der Waals surface area contributed by atoms with E-state index in [0.717, 1.165) is 36.0 Å². The smallest absolute Gasteiger partial charge is 0.282 e. The standard InChI is InChI=1S/C13H20O3S/c1-4-5-6-7-12-8-10(2)11(3)9-13(12)17(14,15)16/h8-9H,4-7H2,1-3H3,(H,14,15,16). The Morgan fingerprint density at radius 3 is 2.24 bits per heavy atom. The normalized spacial score (nSPS) is 11.8. The van der Waals surface area contributed by atoms with Gasteiger partial charge >= 0.3 is 0 Å². The molecular formula is C13H20O3S. The van der Waals surface area contributed by atoms with E-state index in [1.807, 2.05) is 19.9 Å². The molecule has 0 radical (unpaired) electrons. The summed E-state index contributed by atoms with van der Waals surface area (Å²) in [5, 5.41) is 0. The van der Waals surface area contributed by atoms with Crippen molar-refractivity contribution in [2.24, 2.45) is 0 Å². The van der Waals surface area contributed by atoms with E-state index in [0.29, 0.717) is 6.42 Å². The highest BCUT2D eigenvalue weighted by Crippen LogP contribution is 2.22. The Labute approximate surface area is 104 Å². The Hall–Kier alpha value is -0.870. The van der Waals surface area contributed by atoms with Crippen LogP contribution in [0.15, 0.2) is 17.0 Å². The van der Waals surface area contributed by atoms with Crippen molar-refractivity contribution in [3.63, 3.8) is 0 Å². The second-order valence-electron chi connectivity index (χ2n) is 4.48. The zero-order valence-corrected chi connectivity index (χ0v) is 11.5. The van der Waals surface area contributed by atoms with E-state index in [9.17, 15) is 13.0 Å². The first-order chi connectivity index (χ1) is 7.86. The Morgan fingerprint density at radius 1 is 1.12 bits per heavy atom. The molecule has 0 unspecified atom stereocenters. The van der Waals surface area contributed by atoms with Gasteiger partial charge in [-0.15, -0.1) is 0 Å². The van der Waals surface area contributed by atoms with Gasteiger partial charge in [0.15, 0.2) is 0 Å². The molecule has 0 spiro atoms. The van der Waals surface area contributed by atoms with Gasteiger partial charge in [0.1, 0.15) is 0 Å². The molecule has 0 aliphatic carbocycles. The van der Waals surface area contributed by atoms with Crippen molar-refractivity contribution in [3.05, 3.63) is 28.8 Å². The molecule has 0 bridgehead atoms. The minimum Gasteiger partial charge on any atom is -0.282 e. The quantitative estimate of drug-likeness (QED) is 0.649. The summed E-state index contributed by atoms with van der Waals surface area (Å²) < 4.78 is 31.8. The van der Waals surface area contributed by atoms with Crippen LogP contribution in [0.2, 0.25) is 0 Å². The third-order valence-electron chi connectivity index (χ3n) is 3.00. The number of hydrogen-bond acceptors (Lipinski definition) is 2. The Kier molecular flexibility index (Phi) is 4.71. The van der Waals surface area contributed by atoms with Gasteiger partial charge in [0.25, 0.3) is 10.1 Å². The Balaban J connectivity index is 3.13. The first-order valence-corrected chi connectivity index (χ1v) is 7.38. The van der Waals surface area contributed by atoms with Crippen LogP contribution in [0.25, 0.3) is 0 Å². The van der Waals surface area contributed by atoms with Crippen molar-refractivity contribution in [1.82, 2.24) is 0 Å². The maximum atomic E-state index is 11.3. The topological polar surface area (TPSA) is 54.4 Å². The summed E-state index contributed by atoms with van der Waals surface area (Å²) in [7, 11) is -4.11. The van der Waals surface area contributed by atoms with Gasteiger partial charge in [-0.05, 0) is 49.4 Å². The van der Waals surface area contributed by atoms with E-state index < -0.39 is 10.1 Å². The molecule has 1 aromatic rings. The van der Waals surface area contributed by atoms with Gasteiger partial charge in [0, 0.05) is 0 Å². The average molecular weight is 256 g/mol. The molecule has 0 saturated carbocycles. The lowest BCUT2D eigenvalue weighted by Gasteiger charge is -2.10. The molecule has 4 heteroatoms. The van der Waals surface area contributed by atoms with Crippen molar-refractivity contribution < 1.29 is 13.0 Å². The molecule has 0 fully saturated rings. The molecule has 3 nitrogen and oxygen atoms in total. The molecule has 0 saturated heterocycles. The van der Waals surface area contributed by atoms with Crippen molar-refractivity contribution in [2.45, 2.75) is 51.3 Å². The first-order valence-electron chi connectivity index (χ1n) is 5.94. The number of rotatable bonds is 5. The Morgan fingerprint density at radius 2 is 1.71 bits per heavy atom. The van der Waals surface area contributed by atoms with E-state index in [-0.39, 0.29) is 4.90 Å². The van der Waals surface area contributed by atoms with Crippen LogP contribution in [0.3, 0.4) is 0 Å². The molecule has 0 heterocycles. The van der Waals surface area contributed by atoms with E-state index in [4.69, 9.17) is 0 Å². The lowest BCUT2D eigenvalue weighted by molar-refractivity contribution is 0.481. The fraction of sp³-hybridized carbons (Fsp3) is 0.538. The van der Waals surface area contributed by atoms with Crippen molar-refractivity contribution >= 4 is 10.1 Å². The van der Waals surface area contributed by atoms with Gasteiger partial charge < -0.3 is 0 Å². The second kappa shape index (κ2) is 5.65. The zero-order valence-electron chi connectivity index (χ0n) is 10.7. The van der Waals surface area contributed by atoms with Crippen LogP contribution >= 0.6 is 0 Å². The first kappa shape index (κ1) is 14.2. The molecule has 0 aromatic heterocycles. The van der Waals surface area contributed by atoms with Gasteiger partial charge in [-0.1, -0.05) is 25.8 Å². The Bertz CT molecular complexity index is 490. The predicted molar refractivity (Wildman–Crippen MR) is 69.0 cm³/mol. The van der Waals surface area contributed by atoms with Crippen LogP contribution in [0, 0.1) is 13.8 Å². The van der Waals surface area contributed by atoms with E-state index in [1.54, 1.807) is 6.07 Å². The fourth-order valence-corrected chi connectivity index (χ4v) is 2.67. The lowest BCUT2D eigenvalue weighted by Crippen LogP contribution is -2.05. The minimum absolute atomic E-state index is 0.0664. The lowest BCUT2D eigenvalue weighted by atomic mass is 10.0. The van der Waals surface area contributed by atoms with Crippen molar-refractivity contribution in [2.75, 3.05) is 0 Å². The molecule has 0 atom stereocenters. The molecular weight excluding hydrogens is 236 g/mol. The van der Waals surface area contributed by atoms with Crippen LogP contribution in [0.1, 0.15) is 42.9 Å². The number of hydrogen-bond donors (Lipinski definition) is 1. The monoisotopic (exact) mass is 256 g/mol. The number of unbranched alkanes of at least 4 members (excludes halogenated alkanes) is 2. The fourth-order valence-electron chi connectivity index (χ4n) is 1.85. The maximum absolute atomic E-state index is 11.3. The highest BCUT2D eigenvalue weighted by Gasteiger charge is 2.16. The summed E-state index contributed by atoms with van der Waals surface area (Å²) in [6.45, 7) is 5.90. The number of aryl methyl sites for hydroxylation is 3. The van der Waals surface area contributed by atoms with Gasteiger partial charge in [-0.25, -0.2) is 0 Å². The SMILES string of the molecule is CCCCCc1cc(C)c(C)cc1S(=O)(=O)O. The molecule has 96 valence electrons. The van der Waals surface area contributed by atoms with E-state index in [2.05, 4.69) is 6.92 Å². The third-order valence-corrected chi connectivity index (χ3v) is 3.94. The second-order valence-corrected chi connectivity index (χ2v) is 5.87. The van der Waals surface area contributed by atoms with Crippen LogP contribution in [0.5, 0.6) is 0 Å². The zero-order chi connectivity index (χ0) is 13.1. The third kappa shape index (κ3) is 3.82. The molecule has 0 aliphatic heterocycles. The van der Waals surface area contributed by atoms with Crippen molar-refractivity contribution in [1.29, 1.82) is 0 Å². The predicted octanol–water partition coefficient (Wildman–Crippen LogP) is 3.28. The molecule has 17 heavy (non-hydrogen) atoms. The van der Waals surface area contributed by atoms with Crippen LogP contribution in [-0.4, -0.2) is 13.0 Å². The van der Waals surface area contributed by atoms with Gasteiger partial charge in [0.2, 0.25) is 0 Å². The summed E-state index contributed by atoms with van der Waals surface area (Å²) in [6, 6.07) is 3.43. The number of benzene rings is 1. The maximum Gasteiger partial charge on any atom is 0.294 e. The largest absolute Gasteiger partial charge is 0.294 e. The summed E-state index contributed by atoms with van der Waals surface area (Å²) in [5.74, 6) is 0. The minimum atomic E-state index is -4.11. The van der Waals surface area contributed by atoms with Gasteiger partial charge in [0.05, 0.1) is 4.90 Å².